The van der Waals surface area contributed by atoms with Crippen LogP contribution in [-0.4, -0.2) is 79.5 Å². The Morgan fingerprint density at radius 1 is 1.34 bits per heavy atom. The molecule has 4 heterocycles. The van der Waals surface area contributed by atoms with Crippen molar-refractivity contribution in [2.24, 2.45) is 5.41 Å². The number of aromatic nitrogens is 1. The molecular weight excluding hydrogens is 461 g/mol. The van der Waals surface area contributed by atoms with Gasteiger partial charge in [-0.15, -0.1) is 0 Å². The first-order valence-corrected chi connectivity index (χ1v) is 12.6. The topological polar surface area (TPSA) is 66.9 Å². The Labute approximate surface area is 205 Å². The van der Waals surface area contributed by atoms with E-state index in [0.717, 1.165) is 44.6 Å². The molecule has 0 radical (unpaired) electrons. The van der Waals surface area contributed by atoms with Gasteiger partial charge in [0.15, 0.2) is 0 Å². The van der Waals surface area contributed by atoms with Crippen LogP contribution in [0.5, 0.6) is 0 Å². The summed E-state index contributed by atoms with van der Waals surface area (Å²) >= 11 is 0. The van der Waals surface area contributed by atoms with Crippen molar-refractivity contribution in [2.75, 3.05) is 38.3 Å². The van der Waals surface area contributed by atoms with E-state index in [2.05, 4.69) is 17.2 Å². The maximum Gasteiger partial charge on any atom is 0.433 e. The molecule has 2 bridgehead atoms. The van der Waals surface area contributed by atoms with E-state index in [1.54, 1.807) is 6.07 Å². The first-order valence-electron chi connectivity index (χ1n) is 13.3. The lowest BCUT2D eigenvalue weighted by molar-refractivity contribution is -0.143. The van der Waals surface area contributed by atoms with Gasteiger partial charge < -0.3 is 24.6 Å². The maximum atomic E-state index is 13.9. The molecule has 1 aliphatic carbocycles. The molecule has 194 valence electrons. The summed E-state index contributed by atoms with van der Waals surface area (Å²) in [5.74, 6) is 0.519. The number of hydrogen-bond acceptors (Lipinski definition) is 6. The van der Waals surface area contributed by atoms with Crippen molar-refractivity contribution >= 4 is 11.7 Å². The zero-order chi connectivity index (χ0) is 25.5. The number of halogens is 3. The quantitative estimate of drug-likeness (QED) is 0.651. The summed E-state index contributed by atoms with van der Waals surface area (Å²) < 4.78 is 57.9. The molecule has 1 aromatic rings. The van der Waals surface area contributed by atoms with Crippen molar-refractivity contribution in [1.29, 1.82) is 0 Å². The van der Waals surface area contributed by atoms with Gasteiger partial charge in [0.1, 0.15) is 11.5 Å². The molecule has 6 atom stereocenters. The Hall–Kier alpha value is -1.91. The van der Waals surface area contributed by atoms with Gasteiger partial charge in [0.25, 0.3) is 0 Å². The minimum Gasteiger partial charge on any atom is -0.379 e. The van der Waals surface area contributed by atoms with Crippen LogP contribution in [0.25, 0.3) is 0 Å². The molecule has 0 unspecified atom stereocenters. The Bertz CT molecular complexity index is 951. The van der Waals surface area contributed by atoms with E-state index >= 15 is 0 Å². The van der Waals surface area contributed by atoms with Gasteiger partial charge in [-0.2, -0.15) is 13.2 Å². The van der Waals surface area contributed by atoms with Crippen molar-refractivity contribution in [1.82, 2.24) is 15.2 Å². The SMILES string of the molecule is [2H]CO[C@@H]1COCC[C@@H]1N[C@@H]1CC[C@](CC)(C(=O)N2C[C@@H]3C[C@H]2CN3c2cccc(C(F)(F)F)n2)C1. The van der Waals surface area contributed by atoms with Crippen LogP contribution in [0, 0.1) is 5.41 Å². The number of nitrogens with one attached hydrogen (secondary N) is 1. The second-order valence-electron chi connectivity index (χ2n) is 10.4. The molecular formula is C25H35F3N4O3. The highest BCUT2D eigenvalue weighted by atomic mass is 19.4. The standard InChI is InChI=1S/C25H35F3N4O3/c1-3-24(9-7-16(12-24)29-19-8-10-35-15-20(19)34-2)23(33)32-14-17-11-18(32)13-31(17)22-6-4-5-21(30-22)25(26,27)28/h4-6,16-20,29H,3,7-15H2,1-2H3/t16-,17+,18+,19+,20-,24+/m1/s1/i2D. The predicted molar refractivity (Wildman–Crippen MR) is 124 cm³/mol. The first kappa shape index (κ1) is 23.5. The summed E-state index contributed by atoms with van der Waals surface area (Å²) in [6, 6.07) is 4.33. The van der Waals surface area contributed by atoms with E-state index in [1.807, 2.05) is 9.80 Å². The number of anilines is 1. The average molecular weight is 498 g/mol. The van der Waals surface area contributed by atoms with Crippen LogP contribution >= 0.6 is 0 Å². The summed E-state index contributed by atoms with van der Waals surface area (Å²) in [5, 5.41) is 3.70. The monoisotopic (exact) mass is 497 g/mol. The number of pyridine rings is 1. The van der Waals surface area contributed by atoms with Crippen LogP contribution in [0.3, 0.4) is 0 Å². The zero-order valence-electron chi connectivity index (χ0n) is 21.1. The van der Waals surface area contributed by atoms with E-state index in [9.17, 15) is 18.0 Å². The van der Waals surface area contributed by atoms with E-state index in [4.69, 9.17) is 10.8 Å². The molecule has 0 spiro atoms. The van der Waals surface area contributed by atoms with Crippen LogP contribution in [-0.2, 0) is 20.4 Å². The first-order chi connectivity index (χ1) is 17.2. The molecule has 1 saturated carbocycles. The van der Waals surface area contributed by atoms with E-state index in [1.165, 1.54) is 6.07 Å². The second-order valence-corrected chi connectivity index (χ2v) is 10.4. The van der Waals surface area contributed by atoms with Gasteiger partial charge in [0.05, 0.1) is 31.6 Å². The van der Waals surface area contributed by atoms with Gasteiger partial charge in [0, 0.05) is 38.9 Å². The summed E-state index contributed by atoms with van der Waals surface area (Å²) in [6.07, 6.45) is 0.218. The Morgan fingerprint density at radius 3 is 2.91 bits per heavy atom. The van der Waals surface area contributed by atoms with Crippen LogP contribution in [0.2, 0.25) is 0 Å². The number of ether oxygens (including phenoxy) is 2. The maximum absolute atomic E-state index is 13.9. The molecule has 3 saturated heterocycles. The molecule has 4 aliphatic rings. The summed E-state index contributed by atoms with van der Waals surface area (Å²) in [7, 11) is -0.0984. The Balaban J connectivity index is 1.22. The molecule has 4 fully saturated rings. The third-order valence-corrected chi connectivity index (χ3v) is 8.53. The van der Waals surface area contributed by atoms with Crippen molar-refractivity contribution in [3.63, 3.8) is 0 Å². The number of carbonyl (C=O) groups excluding carboxylic acids is 1. The van der Waals surface area contributed by atoms with Crippen LogP contribution in [0.1, 0.15) is 52.5 Å². The minimum absolute atomic E-state index is 0.000366. The lowest BCUT2D eigenvalue weighted by Gasteiger charge is -2.40. The minimum atomic E-state index is -4.48. The van der Waals surface area contributed by atoms with Crippen molar-refractivity contribution in [3.8, 4) is 0 Å². The molecule has 35 heavy (non-hydrogen) atoms. The lowest BCUT2D eigenvalue weighted by Crippen LogP contribution is -2.54. The van der Waals surface area contributed by atoms with Gasteiger partial charge in [-0.3, -0.25) is 4.79 Å². The van der Waals surface area contributed by atoms with Gasteiger partial charge in [0.2, 0.25) is 5.91 Å². The number of piperazine rings is 1. The summed E-state index contributed by atoms with van der Waals surface area (Å²) in [6.45, 7) is 4.26. The van der Waals surface area contributed by atoms with Gasteiger partial charge >= 0.3 is 6.18 Å². The number of amides is 1. The van der Waals surface area contributed by atoms with Crippen molar-refractivity contribution in [3.05, 3.63) is 23.9 Å². The Kier molecular flexibility index (Phi) is 6.39. The highest BCUT2D eigenvalue weighted by molar-refractivity contribution is 5.84. The molecule has 7 nitrogen and oxygen atoms in total. The summed E-state index contributed by atoms with van der Waals surface area (Å²) in [5.41, 5.74) is -1.30. The molecule has 1 N–H and O–H groups in total. The number of fused-ring (bicyclic) bond motifs is 2. The third kappa shape index (κ3) is 4.64. The normalized spacial score (nSPS) is 35.5. The van der Waals surface area contributed by atoms with E-state index in [-0.39, 0.29) is 43.3 Å². The lowest BCUT2D eigenvalue weighted by atomic mass is 9.81. The summed E-state index contributed by atoms with van der Waals surface area (Å²) in [4.78, 5) is 21.7. The highest BCUT2D eigenvalue weighted by Gasteiger charge is 2.53. The third-order valence-electron chi connectivity index (χ3n) is 8.53. The van der Waals surface area contributed by atoms with Gasteiger partial charge in [-0.1, -0.05) is 13.0 Å². The molecule has 1 aromatic heterocycles. The fourth-order valence-corrected chi connectivity index (χ4v) is 6.55. The number of alkyl halides is 3. The number of likely N-dealkylation sites (tertiary alicyclic amines) is 1. The fourth-order valence-electron chi connectivity index (χ4n) is 6.55. The number of nitrogens with zero attached hydrogens (tertiary/aromatic N) is 3. The molecule has 0 aromatic carbocycles. The molecule has 10 heteroatoms. The van der Waals surface area contributed by atoms with Gasteiger partial charge in [-0.05, 0) is 50.7 Å². The average Bonchev–Trinajstić information content (AvgIpc) is 3.59. The van der Waals surface area contributed by atoms with Crippen LogP contribution in [0.4, 0.5) is 19.0 Å². The van der Waals surface area contributed by atoms with Gasteiger partial charge in [-0.25, -0.2) is 4.98 Å². The zero-order valence-corrected chi connectivity index (χ0v) is 20.1. The number of hydrogen-bond donors (Lipinski definition) is 1. The van der Waals surface area contributed by atoms with E-state index in [0.29, 0.717) is 32.1 Å². The fraction of sp³-hybridized carbons (Fsp3) is 0.760. The van der Waals surface area contributed by atoms with Crippen molar-refractivity contribution in [2.45, 2.75) is 81.9 Å². The molecule has 1 amide bonds. The van der Waals surface area contributed by atoms with Crippen LogP contribution in [0.15, 0.2) is 18.2 Å². The predicted octanol–water partition coefficient (Wildman–Crippen LogP) is 3.23. The molecule has 3 aliphatic heterocycles. The molecule has 5 rings (SSSR count). The number of rotatable bonds is 6. The largest absolute Gasteiger partial charge is 0.433 e. The number of methoxy groups -OCH3 is 1. The van der Waals surface area contributed by atoms with E-state index < -0.39 is 17.3 Å². The number of carbonyl (C=O) groups is 1. The Morgan fingerprint density at radius 2 is 2.20 bits per heavy atom. The second kappa shape index (κ2) is 9.52. The smallest absolute Gasteiger partial charge is 0.379 e. The van der Waals surface area contributed by atoms with Crippen molar-refractivity contribution < 1.29 is 28.8 Å². The highest BCUT2D eigenvalue weighted by Crippen LogP contribution is 2.46. The van der Waals surface area contributed by atoms with Crippen LogP contribution < -0.4 is 10.2 Å².